The van der Waals surface area contributed by atoms with Crippen molar-refractivity contribution in [2.24, 2.45) is 0 Å². The standard InChI is InChI=1S/C23H15NO2/c24-19-5-3-4-14-6-7-16-15(20(14)19)8-9-17-18-10-13-25-22(18)23(21(16)17)11-1-2-12-26-23/h1-13H,24H2. The van der Waals surface area contributed by atoms with Crippen molar-refractivity contribution >= 4 is 27.2 Å². The zero-order valence-corrected chi connectivity index (χ0v) is 13.9. The Bertz CT molecular complexity index is 1280. The summed E-state index contributed by atoms with van der Waals surface area (Å²) in [4.78, 5) is 0. The van der Waals surface area contributed by atoms with Crippen molar-refractivity contribution in [3.05, 3.63) is 90.6 Å². The molecule has 0 radical (unpaired) electrons. The number of ether oxygens (including phenoxy) is 1. The van der Waals surface area contributed by atoms with E-state index in [0.29, 0.717) is 0 Å². The van der Waals surface area contributed by atoms with Crippen LogP contribution in [0.1, 0.15) is 11.3 Å². The topological polar surface area (TPSA) is 48.4 Å². The van der Waals surface area contributed by atoms with Crippen LogP contribution in [0, 0.1) is 0 Å². The Balaban J connectivity index is 1.81. The van der Waals surface area contributed by atoms with Crippen molar-refractivity contribution in [2.45, 2.75) is 5.60 Å². The molecular weight excluding hydrogens is 322 g/mol. The maximum atomic E-state index is 6.33. The first kappa shape index (κ1) is 13.8. The van der Waals surface area contributed by atoms with Gasteiger partial charge in [-0.25, -0.2) is 0 Å². The lowest BCUT2D eigenvalue weighted by Crippen LogP contribution is -2.25. The van der Waals surface area contributed by atoms with Gasteiger partial charge in [0.2, 0.25) is 5.60 Å². The summed E-state index contributed by atoms with van der Waals surface area (Å²) in [7, 11) is 0. The summed E-state index contributed by atoms with van der Waals surface area (Å²) in [5.41, 5.74) is 9.75. The van der Waals surface area contributed by atoms with Gasteiger partial charge in [0, 0.05) is 22.2 Å². The number of nitrogens with two attached hydrogens (primary N) is 1. The van der Waals surface area contributed by atoms with Gasteiger partial charge in [-0.3, -0.25) is 0 Å². The second kappa shape index (κ2) is 4.58. The molecule has 1 spiro atoms. The van der Waals surface area contributed by atoms with Gasteiger partial charge in [0.25, 0.3) is 0 Å². The number of rotatable bonds is 0. The van der Waals surface area contributed by atoms with E-state index in [1.807, 2.05) is 30.4 Å². The fraction of sp³-hybridized carbons (Fsp3) is 0.0435. The highest BCUT2D eigenvalue weighted by Gasteiger charge is 2.48. The molecule has 1 aromatic heterocycles. The van der Waals surface area contributed by atoms with Crippen LogP contribution in [-0.2, 0) is 10.3 Å². The molecule has 1 atom stereocenters. The highest BCUT2D eigenvalue weighted by Crippen LogP contribution is 2.54. The number of anilines is 1. The Morgan fingerprint density at radius 3 is 2.65 bits per heavy atom. The number of benzene rings is 3. The number of hydrogen-bond acceptors (Lipinski definition) is 3. The summed E-state index contributed by atoms with van der Waals surface area (Å²) in [6.07, 6.45) is 9.44. The largest absolute Gasteiger partial charge is 0.478 e. The molecule has 1 aliphatic carbocycles. The summed E-state index contributed by atoms with van der Waals surface area (Å²) >= 11 is 0. The zero-order valence-electron chi connectivity index (χ0n) is 13.9. The summed E-state index contributed by atoms with van der Waals surface area (Å²) in [6.45, 7) is 0. The quantitative estimate of drug-likeness (QED) is 0.341. The van der Waals surface area contributed by atoms with E-state index < -0.39 is 5.60 Å². The molecule has 4 aromatic rings. The van der Waals surface area contributed by atoms with Crippen molar-refractivity contribution < 1.29 is 9.15 Å². The minimum Gasteiger partial charge on any atom is -0.478 e. The molecule has 3 aromatic carbocycles. The first-order valence-electron chi connectivity index (χ1n) is 8.64. The van der Waals surface area contributed by atoms with Gasteiger partial charge in [-0.15, -0.1) is 0 Å². The molecular formula is C23H15NO2. The van der Waals surface area contributed by atoms with Crippen LogP contribution in [0.25, 0.3) is 32.7 Å². The fourth-order valence-corrected chi connectivity index (χ4v) is 4.46. The Labute approximate surface area is 150 Å². The molecule has 3 heteroatoms. The van der Waals surface area contributed by atoms with Crippen LogP contribution in [-0.4, -0.2) is 0 Å². The van der Waals surface area contributed by atoms with Crippen molar-refractivity contribution in [1.82, 2.24) is 0 Å². The monoisotopic (exact) mass is 337 g/mol. The fourth-order valence-electron chi connectivity index (χ4n) is 4.46. The predicted molar refractivity (Wildman–Crippen MR) is 104 cm³/mol. The molecule has 2 aliphatic rings. The van der Waals surface area contributed by atoms with Gasteiger partial charge >= 0.3 is 0 Å². The summed E-state index contributed by atoms with van der Waals surface area (Å²) in [5.74, 6) is 0.835. The Kier molecular flexibility index (Phi) is 2.43. The highest BCUT2D eigenvalue weighted by atomic mass is 16.5. The van der Waals surface area contributed by atoms with E-state index in [1.54, 1.807) is 12.5 Å². The molecule has 3 nitrogen and oxygen atoms in total. The lowest BCUT2D eigenvalue weighted by Gasteiger charge is -2.28. The molecule has 0 bridgehead atoms. The highest BCUT2D eigenvalue weighted by molar-refractivity contribution is 6.15. The van der Waals surface area contributed by atoms with E-state index in [4.69, 9.17) is 14.9 Å². The van der Waals surface area contributed by atoms with Crippen LogP contribution >= 0.6 is 0 Å². The van der Waals surface area contributed by atoms with Crippen LogP contribution in [0.2, 0.25) is 0 Å². The summed E-state index contributed by atoms with van der Waals surface area (Å²) in [5, 5.41) is 4.50. The van der Waals surface area contributed by atoms with Gasteiger partial charge < -0.3 is 14.9 Å². The van der Waals surface area contributed by atoms with Crippen molar-refractivity contribution in [3.8, 4) is 11.1 Å². The lowest BCUT2D eigenvalue weighted by atomic mass is 9.87. The molecule has 26 heavy (non-hydrogen) atoms. The van der Waals surface area contributed by atoms with E-state index >= 15 is 0 Å². The van der Waals surface area contributed by atoms with Crippen LogP contribution in [0.4, 0.5) is 5.69 Å². The number of furan rings is 1. The van der Waals surface area contributed by atoms with Gasteiger partial charge in [-0.1, -0.05) is 42.5 Å². The van der Waals surface area contributed by atoms with Crippen LogP contribution in [0.5, 0.6) is 0 Å². The third kappa shape index (κ3) is 1.49. The summed E-state index contributed by atoms with van der Waals surface area (Å²) in [6, 6.07) is 16.7. The number of hydrogen-bond donors (Lipinski definition) is 1. The minimum absolute atomic E-state index is 0.723. The van der Waals surface area contributed by atoms with Crippen molar-refractivity contribution in [2.75, 3.05) is 5.73 Å². The molecule has 0 amide bonds. The second-order valence-electron chi connectivity index (χ2n) is 6.80. The van der Waals surface area contributed by atoms with Crippen LogP contribution in [0.15, 0.2) is 83.7 Å². The molecule has 2 N–H and O–H groups in total. The van der Waals surface area contributed by atoms with Gasteiger partial charge in [0.05, 0.1) is 12.5 Å². The Hall–Kier alpha value is -3.46. The molecule has 1 aliphatic heterocycles. The first-order valence-corrected chi connectivity index (χ1v) is 8.64. The smallest absolute Gasteiger partial charge is 0.210 e. The SMILES string of the molecule is Nc1cccc2ccc3c4c(ccc3c12)-c1ccoc1C41C=CC=CO1. The van der Waals surface area contributed by atoms with Crippen LogP contribution in [0.3, 0.4) is 0 Å². The third-order valence-corrected chi connectivity index (χ3v) is 5.51. The maximum absolute atomic E-state index is 6.33. The predicted octanol–water partition coefficient (Wildman–Crippen LogP) is 5.49. The molecule has 1 unspecified atom stereocenters. The van der Waals surface area contributed by atoms with E-state index in [0.717, 1.165) is 49.7 Å². The van der Waals surface area contributed by atoms with Crippen LogP contribution < -0.4 is 5.73 Å². The number of nitrogen functional groups attached to an aromatic ring is 1. The molecule has 0 saturated carbocycles. The zero-order chi connectivity index (χ0) is 17.3. The van der Waals surface area contributed by atoms with E-state index in [1.165, 1.54) is 0 Å². The van der Waals surface area contributed by atoms with Gasteiger partial charge in [0.15, 0.2) is 5.76 Å². The number of allylic oxidation sites excluding steroid dienone is 2. The average Bonchev–Trinajstić information content (AvgIpc) is 3.25. The molecule has 0 fully saturated rings. The first-order chi connectivity index (χ1) is 12.8. The third-order valence-electron chi connectivity index (χ3n) is 5.51. The normalized spacial score (nSPS) is 19.8. The second-order valence-corrected chi connectivity index (χ2v) is 6.80. The minimum atomic E-state index is -0.723. The Morgan fingerprint density at radius 2 is 1.77 bits per heavy atom. The van der Waals surface area contributed by atoms with E-state index in [2.05, 4.69) is 36.4 Å². The van der Waals surface area contributed by atoms with Gasteiger partial charge in [0.1, 0.15) is 0 Å². The molecule has 124 valence electrons. The van der Waals surface area contributed by atoms with Crippen molar-refractivity contribution in [1.29, 1.82) is 0 Å². The summed E-state index contributed by atoms with van der Waals surface area (Å²) < 4.78 is 12.1. The Morgan fingerprint density at radius 1 is 0.846 bits per heavy atom. The van der Waals surface area contributed by atoms with E-state index in [-0.39, 0.29) is 0 Å². The van der Waals surface area contributed by atoms with Crippen molar-refractivity contribution in [3.63, 3.8) is 0 Å². The maximum Gasteiger partial charge on any atom is 0.210 e. The lowest BCUT2D eigenvalue weighted by molar-refractivity contribution is 0.0858. The van der Waals surface area contributed by atoms with Gasteiger partial charge in [-0.2, -0.15) is 0 Å². The number of fused-ring (bicyclic) bond motifs is 9. The molecule has 6 rings (SSSR count). The van der Waals surface area contributed by atoms with Gasteiger partial charge in [-0.05, 0) is 46.0 Å². The average molecular weight is 337 g/mol. The van der Waals surface area contributed by atoms with E-state index in [9.17, 15) is 0 Å². The molecule has 2 heterocycles. The molecule has 0 saturated heterocycles.